The number of hydrogen-bond donors (Lipinski definition) is 1. The molecule has 0 radical (unpaired) electrons. The minimum Gasteiger partial charge on any atom is -0.406 e. The van der Waals surface area contributed by atoms with Gasteiger partial charge in [0.1, 0.15) is 5.75 Å². The van der Waals surface area contributed by atoms with E-state index in [1.807, 2.05) is 0 Å². The van der Waals surface area contributed by atoms with Crippen LogP contribution < -0.4 is 14.4 Å². The predicted octanol–water partition coefficient (Wildman–Crippen LogP) is 2.53. The number of carbonyl (C=O) groups is 1. The highest BCUT2D eigenvalue weighted by atomic mass is 32.2. The number of hydrogen-bond acceptors (Lipinski definition) is 4. The van der Waals surface area contributed by atoms with Crippen molar-refractivity contribution < 1.29 is 31.1 Å². The van der Waals surface area contributed by atoms with Gasteiger partial charge in [0.15, 0.2) is 0 Å². The van der Waals surface area contributed by atoms with E-state index in [1.54, 1.807) is 30.3 Å². The number of halogens is 3. The van der Waals surface area contributed by atoms with Crippen molar-refractivity contribution in [3.8, 4) is 5.75 Å². The normalized spacial score (nSPS) is 11.8. The van der Waals surface area contributed by atoms with E-state index in [4.69, 9.17) is 0 Å². The van der Waals surface area contributed by atoms with Crippen LogP contribution in [0.2, 0.25) is 0 Å². The van der Waals surface area contributed by atoms with Gasteiger partial charge in [-0.1, -0.05) is 18.2 Å². The van der Waals surface area contributed by atoms with Crippen LogP contribution in [0.4, 0.5) is 18.9 Å². The Morgan fingerprint density at radius 2 is 1.65 bits per heavy atom. The SMILES string of the molecule is CN(C(=O)CNS(=O)(=O)c1ccc(OC(F)(F)F)cc1)c1ccccc1. The number of carbonyl (C=O) groups excluding carboxylic acids is 1. The number of nitrogens with zero attached hydrogens (tertiary/aromatic N) is 1. The van der Waals surface area contributed by atoms with Crippen molar-refractivity contribution in [2.75, 3.05) is 18.5 Å². The zero-order valence-electron chi connectivity index (χ0n) is 13.5. The summed E-state index contributed by atoms with van der Waals surface area (Å²) < 4.78 is 66.4. The van der Waals surface area contributed by atoms with Crippen molar-refractivity contribution in [3.63, 3.8) is 0 Å². The van der Waals surface area contributed by atoms with Crippen LogP contribution in [-0.4, -0.2) is 34.3 Å². The Morgan fingerprint density at radius 1 is 1.08 bits per heavy atom. The van der Waals surface area contributed by atoms with Gasteiger partial charge in [-0.15, -0.1) is 13.2 Å². The molecule has 1 N–H and O–H groups in total. The number of anilines is 1. The predicted molar refractivity (Wildman–Crippen MR) is 88.2 cm³/mol. The number of alkyl halides is 3. The van der Waals surface area contributed by atoms with E-state index >= 15 is 0 Å². The lowest BCUT2D eigenvalue weighted by molar-refractivity contribution is -0.274. The first-order chi connectivity index (χ1) is 12.1. The molecule has 0 aliphatic rings. The van der Waals surface area contributed by atoms with Crippen molar-refractivity contribution in [2.24, 2.45) is 0 Å². The monoisotopic (exact) mass is 388 g/mol. The average Bonchev–Trinajstić information content (AvgIpc) is 2.59. The molecule has 1 amide bonds. The first kappa shape index (κ1) is 19.7. The summed E-state index contributed by atoms with van der Waals surface area (Å²) in [5, 5.41) is 0. The maximum atomic E-state index is 12.1. The second kappa shape index (κ2) is 7.75. The van der Waals surface area contributed by atoms with Crippen molar-refractivity contribution in [1.82, 2.24) is 4.72 Å². The molecule has 0 heterocycles. The topological polar surface area (TPSA) is 75.7 Å². The van der Waals surface area contributed by atoms with Crippen LogP contribution in [-0.2, 0) is 14.8 Å². The van der Waals surface area contributed by atoms with Crippen LogP contribution in [0.25, 0.3) is 0 Å². The first-order valence-corrected chi connectivity index (χ1v) is 8.74. The molecule has 0 saturated carbocycles. The molecule has 2 rings (SSSR count). The van der Waals surface area contributed by atoms with Crippen molar-refractivity contribution in [3.05, 3.63) is 54.6 Å². The molecule has 2 aromatic carbocycles. The van der Waals surface area contributed by atoms with Gasteiger partial charge in [-0.2, -0.15) is 0 Å². The van der Waals surface area contributed by atoms with E-state index in [9.17, 15) is 26.4 Å². The van der Waals surface area contributed by atoms with Gasteiger partial charge in [0.2, 0.25) is 15.9 Å². The van der Waals surface area contributed by atoms with E-state index in [-0.39, 0.29) is 4.90 Å². The Morgan fingerprint density at radius 3 is 2.19 bits per heavy atom. The molecule has 26 heavy (non-hydrogen) atoms. The maximum absolute atomic E-state index is 12.1. The maximum Gasteiger partial charge on any atom is 0.573 e. The summed E-state index contributed by atoms with van der Waals surface area (Å²) >= 11 is 0. The molecule has 0 spiro atoms. The summed E-state index contributed by atoms with van der Waals surface area (Å²) in [6, 6.07) is 12.3. The average molecular weight is 388 g/mol. The van der Waals surface area contributed by atoms with Crippen LogP contribution >= 0.6 is 0 Å². The lowest BCUT2D eigenvalue weighted by Crippen LogP contribution is -2.38. The minimum absolute atomic E-state index is 0.290. The van der Waals surface area contributed by atoms with Crippen LogP contribution in [0.15, 0.2) is 59.5 Å². The molecule has 0 aliphatic carbocycles. The summed E-state index contributed by atoms with van der Waals surface area (Å²) in [6.07, 6.45) is -4.87. The third-order valence-corrected chi connectivity index (χ3v) is 4.72. The number of rotatable bonds is 6. The molecule has 0 bridgehead atoms. The van der Waals surface area contributed by atoms with E-state index in [0.717, 1.165) is 24.3 Å². The van der Waals surface area contributed by atoms with E-state index in [0.29, 0.717) is 5.69 Å². The van der Waals surface area contributed by atoms with Gasteiger partial charge in [-0.05, 0) is 36.4 Å². The number of nitrogens with one attached hydrogen (secondary N) is 1. The number of sulfonamides is 1. The Bertz CT molecular complexity index is 853. The lowest BCUT2D eigenvalue weighted by Gasteiger charge is -2.17. The lowest BCUT2D eigenvalue weighted by atomic mass is 10.3. The number of para-hydroxylation sites is 1. The Kier molecular flexibility index (Phi) is 5.88. The molecular formula is C16H15F3N2O4S. The second-order valence-corrected chi connectivity index (χ2v) is 6.90. The van der Waals surface area contributed by atoms with Gasteiger partial charge in [0.25, 0.3) is 0 Å². The van der Waals surface area contributed by atoms with Gasteiger partial charge < -0.3 is 9.64 Å². The molecule has 140 valence electrons. The van der Waals surface area contributed by atoms with Gasteiger partial charge >= 0.3 is 6.36 Å². The summed E-state index contributed by atoms with van der Waals surface area (Å²) in [5.74, 6) is -1.05. The molecule has 0 aromatic heterocycles. The zero-order chi connectivity index (χ0) is 19.4. The second-order valence-electron chi connectivity index (χ2n) is 5.13. The number of benzene rings is 2. The number of likely N-dealkylation sites (N-methyl/N-ethyl adjacent to an activating group) is 1. The number of ether oxygens (including phenoxy) is 1. The Labute approximate surface area is 148 Å². The molecule has 0 fully saturated rings. The summed E-state index contributed by atoms with van der Waals surface area (Å²) in [5.41, 5.74) is 0.588. The fourth-order valence-corrected chi connectivity index (χ4v) is 2.95. The quantitative estimate of drug-likeness (QED) is 0.825. The minimum atomic E-state index is -4.87. The largest absolute Gasteiger partial charge is 0.573 e. The van der Waals surface area contributed by atoms with Gasteiger partial charge in [-0.3, -0.25) is 4.79 Å². The highest BCUT2D eigenvalue weighted by Crippen LogP contribution is 2.23. The smallest absolute Gasteiger partial charge is 0.406 e. The fraction of sp³-hybridized carbons (Fsp3) is 0.188. The van der Waals surface area contributed by atoms with E-state index in [1.165, 1.54) is 11.9 Å². The molecule has 0 unspecified atom stereocenters. The molecule has 6 nitrogen and oxygen atoms in total. The third-order valence-electron chi connectivity index (χ3n) is 3.30. The van der Waals surface area contributed by atoms with E-state index < -0.39 is 34.6 Å². The van der Waals surface area contributed by atoms with Crippen molar-refractivity contribution in [1.29, 1.82) is 0 Å². The van der Waals surface area contributed by atoms with Gasteiger partial charge in [0, 0.05) is 12.7 Å². The van der Waals surface area contributed by atoms with Crippen molar-refractivity contribution >= 4 is 21.6 Å². The Balaban J connectivity index is 2.01. The Hall–Kier alpha value is -2.59. The fourth-order valence-electron chi connectivity index (χ4n) is 1.97. The van der Waals surface area contributed by atoms with Crippen LogP contribution in [0.5, 0.6) is 5.75 Å². The standard InChI is InChI=1S/C16H15F3N2O4S/c1-21(12-5-3-2-4-6-12)15(22)11-20-26(23,24)14-9-7-13(8-10-14)25-16(17,18)19/h2-10,20H,11H2,1H3. The molecular weight excluding hydrogens is 373 g/mol. The molecule has 0 aliphatic heterocycles. The highest BCUT2D eigenvalue weighted by Gasteiger charge is 2.31. The van der Waals surface area contributed by atoms with Crippen LogP contribution in [0, 0.1) is 0 Å². The van der Waals surface area contributed by atoms with Gasteiger partial charge in [-0.25, -0.2) is 13.1 Å². The van der Waals surface area contributed by atoms with Crippen LogP contribution in [0.1, 0.15) is 0 Å². The van der Waals surface area contributed by atoms with E-state index in [2.05, 4.69) is 9.46 Å². The number of amides is 1. The summed E-state index contributed by atoms with van der Waals surface area (Å²) in [7, 11) is -2.57. The summed E-state index contributed by atoms with van der Waals surface area (Å²) in [6.45, 7) is -0.505. The van der Waals surface area contributed by atoms with Gasteiger partial charge in [0.05, 0.1) is 11.4 Å². The van der Waals surface area contributed by atoms with Crippen LogP contribution in [0.3, 0.4) is 0 Å². The first-order valence-electron chi connectivity index (χ1n) is 7.25. The summed E-state index contributed by atoms with van der Waals surface area (Å²) in [4.78, 5) is 13.1. The molecule has 0 saturated heterocycles. The molecule has 2 aromatic rings. The molecule has 0 atom stereocenters. The highest BCUT2D eigenvalue weighted by molar-refractivity contribution is 7.89. The zero-order valence-corrected chi connectivity index (χ0v) is 14.3. The molecule has 10 heteroatoms. The van der Waals surface area contributed by atoms with Crippen molar-refractivity contribution in [2.45, 2.75) is 11.3 Å². The third kappa shape index (κ3) is 5.46.